The van der Waals surface area contributed by atoms with Crippen LogP contribution in [0.1, 0.15) is 36.9 Å². The van der Waals surface area contributed by atoms with Gasteiger partial charge in [-0.1, -0.05) is 36.7 Å². The Bertz CT molecular complexity index is 676. The molecule has 3 rings (SSSR count). The third-order valence-corrected chi connectivity index (χ3v) is 4.20. The zero-order chi connectivity index (χ0) is 15.2. The van der Waals surface area contributed by atoms with Crippen molar-refractivity contribution >= 4 is 11.6 Å². The summed E-state index contributed by atoms with van der Waals surface area (Å²) < 4.78 is 41.4. The van der Waals surface area contributed by atoms with Gasteiger partial charge in [-0.3, -0.25) is 0 Å². The molecule has 0 bridgehead atoms. The van der Waals surface area contributed by atoms with Crippen molar-refractivity contribution in [2.24, 2.45) is 0 Å². The molecule has 1 unspecified atom stereocenters. The van der Waals surface area contributed by atoms with E-state index in [-0.39, 0.29) is 11.5 Å². The molecule has 0 aliphatic carbocycles. The van der Waals surface area contributed by atoms with Gasteiger partial charge in [-0.2, -0.15) is 13.2 Å². The Morgan fingerprint density at radius 3 is 2.71 bits per heavy atom. The third kappa shape index (κ3) is 2.44. The summed E-state index contributed by atoms with van der Waals surface area (Å²) in [5.74, 6) is 0.528. The largest absolute Gasteiger partial charge is 0.417 e. The van der Waals surface area contributed by atoms with Crippen LogP contribution in [0.5, 0.6) is 0 Å². The Labute approximate surface area is 125 Å². The summed E-state index contributed by atoms with van der Waals surface area (Å²) in [6, 6.07) is 5.51. The number of hydrogen-bond acceptors (Lipinski definition) is 1. The van der Waals surface area contributed by atoms with E-state index in [0.29, 0.717) is 17.5 Å². The SMILES string of the molecule is CC1CCCn2c(-c3ccccc3C(F)(F)F)nc(Cl)c21. The molecule has 1 aromatic heterocycles. The maximum Gasteiger partial charge on any atom is 0.417 e. The molecule has 2 aromatic rings. The first-order valence-corrected chi connectivity index (χ1v) is 7.20. The fourth-order valence-electron chi connectivity index (χ4n) is 2.95. The highest BCUT2D eigenvalue weighted by atomic mass is 35.5. The number of rotatable bonds is 1. The van der Waals surface area contributed by atoms with Crippen molar-refractivity contribution in [3.63, 3.8) is 0 Å². The van der Waals surface area contributed by atoms with Crippen LogP contribution in [-0.2, 0) is 12.7 Å². The van der Waals surface area contributed by atoms with Gasteiger partial charge in [0.25, 0.3) is 0 Å². The first-order chi connectivity index (χ1) is 9.89. The monoisotopic (exact) mass is 314 g/mol. The number of alkyl halides is 3. The Balaban J connectivity index is 2.22. The van der Waals surface area contributed by atoms with Crippen molar-refractivity contribution in [2.45, 2.75) is 38.4 Å². The van der Waals surface area contributed by atoms with Crippen molar-refractivity contribution in [1.29, 1.82) is 0 Å². The van der Waals surface area contributed by atoms with Crippen LogP contribution in [0.4, 0.5) is 13.2 Å². The van der Waals surface area contributed by atoms with Crippen molar-refractivity contribution in [3.05, 3.63) is 40.7 Å². The number of aromatic nitrogens is 2. The summed E-state index contributed by atoms with van der Waals surface area (Å²) in [4.78, 5) is 4.22. The van der Waals surface area contributed by atoms with Crippen LogP contribution in [0.2, 0.25) is 5.15 Å². The Hall–Kier alpha value is -1.49. The molecule has 0 N–H and O–H groups in total. The average Bonchev–Trinajstić information content (AvgIpc) is 2.76. The Kier molecular flexibility index (Phi) is 3.48. The van der Waals surface area contributed by atoms with Crippen LogP contribution in [0.15, 0.2) is 24.3 Å². The van der Waals surface area contributed by atoms with Gasteiger partial charge in [0.2, 0.25) is 0 Å². The average molecular weight is 315 g/mol. The predicted molar refractivity (Wildman–Crippen MR) is 75.3 cm³/mol. The third-order valence-electron chi connectivity index (χ3n) is 3.92. The summed E-state index contributed by atoms with van der Waals surface area (Å²) in [5.41, 5.74) is 0.259. The van der Waals surface area contributed by atoms with Crippen molar-refractivity contribution in [2.75, 3.05) is 0 Å². The molecule has 0 saturated heterocycles. The molecule has 1 aliphatic rings. The first kappa shape index (κ1) is 14.4. The second-order valence-corrected chi connectivity index (χ2v) is 5.71. The lowest BCUT2D eigenvalue weighted by Gasteiger charge is -2.23. The van der Waals surface area contributed by atoms with E-state index >= 15 is 0 Å². The molecule has 2 heterocycles. The van der Waals surface area contributed by atoms with Gasteiger partial charge in [0.15, 0.2) is 5.15 Å². The minimum absolute atomic E-state index is 0.0900. The van der Waals surface area contributed by atoms with E-state index in [1.165, 1.54) is 12.1 Å². The zero-order valence-corrected chi connectivity index (χ0v) is 12.2. The summed E-state index contributed by atoms with van der Waals surface area (Å²) in [7, 11) is 0. The van der Waals surface area contributed by atoms with Crippen LogP contribution >= 0.6 is 11.6 Å². The van der Waals surface area contributed by atoms with Crippen LogP contribution in [0, 0.1) is 0 Å². The molecule has 0 radical (unpaired) electrons. The van der Waals surface area contributed by atoms with E-state index in [1.807, 2.05) is 11.5 Å². The predicted octanol–water partition coefficient (Wildman–Crippen LogP) is 5.12. The Morgan fingerprint density at radius 2 is 2.00 bits per heavy atom. The van der Waals surface area contributed by atoms with Gasteiger partial charge in [0.1, 0.15) is 5.82 Å². The second kappa shape index (κ2) is 5.05. The molecule has 2 nitrogen and oxygen atoms in total. The molecule has 0 saturated carbocycles. The summed E-state index contributed by atoms with van der Waals surface area (Å²) in [6.07, 6.45) is -2.51. The highest BCUT2D eigenvalue weighted by Crippen LogP contribution is 2.40. The molecule has 0 amide bonds. The van der Waals surface area contributed by atoms with Crippen molar-refractivity contribution in [1.82, 2.24) is 9.55 Å². The lowest BCUT2D eigenvalue weighted by molar-refractivity contribution is -0.137. The lowest BCUT2D eigenvalue weighted by Crippen LogP contribution is -2.15. The van der Waals surface area contributed by atoms with Crippen LogP contribution in [0.25, 0.3) is 11.4 Å². The number of imidazole rings is 1. The van der Waals surface area contributed by atoms with Crippen LogP contribution in [-0.4, -0.2) is 9.55 Å². The maximum atomic E-state index is 13.2. The van der Waals surface area contributed by atoms with Gasteiger partial charge in [-0.15, -0.1) is 0 Å². The van der Waals surface area contributed by atoms with E-state index < -0.39 is 11.7 Å². The molecule has 1 aromatic carbocycles. The number of nitrogens with zero attached hydrogens (tertiary/aromatic N) is 2. The smallest absolute Gasteiger partial charge is 0.326 e. The normalized spacial score (nSPS) is 18.6. The molecule has 1 atom stereocenters. The number of benzene rings is 1. The van der Waals surface area contributed by atoms with Crippen LogP contribution in [0.3, 0.4) is 0 Å². The molecule has 0 spiro atoms. The van der Waals surface area contributed by atoms with Crippen LogP contribution < -0.4 is 0 Å². The summed E-state index contributed by atoms with van der Waals surface area (Å²) >= 11 is 6.16. The van der Waals surface area contributed by atoms with Gasteiger partial charge in [0, 0.05) is 12.1 Å². The molecular formula is C15H14ClF3N2. The molecule has 1 aliphatic heterocycles. The number of halogens is 4. The maximum absolute atomic E-state index is 13.2. The standard InChI is InChI=1S/C15H14ClF3N2/c1-9-5-4-8-21-12(9)13(16)20-14(21)10-6-2-3-7-11(10)15(17,18)19/h2-3,6-7,9H,4-5,8H2,1H3. The highest BCUT2D eigenvalue weighted by Gasteiger charge is 2.35. The van der Waals surface area contributed by atoms with Gasteiger partial charge in [-0.05, 0) is 24.8 Å². The van der Waals surface area contributed by atoms with Gasteiger partial charge in [0.05, 0.1) is 11.3 Å². The minimum Gasteiger partial charge on any atom is -0.326 e. The highest BCUT2D eigenvalue weighted by molar-refractivity contribution is 6.30. The Morgan fingerprint density at radius 1 is 1.29 bits per heavy atom. The van der Waals surface area contributed by atoms with Gasteiger partial charge < -0.3 is 4.57 Å². The molecule has 21 heavy (non-hydrogen) atoms. The van der Waals surface area contributed by atoms with E-state index in [9.17, 15) is 13.2 Å². The fourth-order valence-corrected chi connectivity index (χ4v) is 3.32. The molecule has 6 heteroatoms. The van der Waals surface area contributed by atoms with E-state index in [0.717, 1.165) is 24.6 Å². The first-order valence-electron chi connectivity index (χ1n) is 6.82. The van der Waals surface area contributed by atoms with Crippen molar-refractivity contribution in [3.8, 4) is 11.4 Å². The second-order valence-electron chi connectivity index (χ2n) is 5.35. The topological polar surface area (TPSA) is 17.8 Å². The lowest BCUT2D eigenvalue weighted by atomic mass is 9.98. The molecular weight excluding hydrogens is 301 g/mol. The quantitative estimate of drug-likeness (QED) is 0.714. The van der Waals surface area contributed by atoms with Gasteiger partial charge in [-0.25, -0.2) is 4.98 Å². The minimum atomic E-state index is -4.41. The van der Waals surface area contributed by atoms with E-state index in [1.54, 1.807) is 6.07 Å². The van der Waals surface area contributed by atoms with E-state index in [2.05, 4.69) is 4.98 Å². The van der Waals surface area contributed by atoms with E-state index in [4.69, 9.17) is 11.6 Å². The van der Waals surface area contributed by atoms with Crippen molar-refractivity contribution < 1.29 is 13.2 Å². The number of hydrogen-bond donors (Lipinski definition) is 0. The number of fused-ring (bicyclic) bond motifs is 1. The zero-order valence-electron chi connectivity index (χ0n) is 11.4. The van der Waals surface area contributed by atoms with Gasteiger partial charge >= 0.3 is 6.18 Å². The fraction of sp³-hybridized carbons (Fsp3) is 0.400. The summed E-state index contributed by atoms with van der Waals surface area (Å²) in [5, 5.41) is 0.314. The summed E-state index contributed by atoms with van der Waals surface area (Å²) in [6.45, 7) is 2.68. The molecule has 0 fully saturated rings. The molecule has 112 valence electrons.